The molecule has 1 aliphatic rings. The van der Waals surface area contributed by atoms with Crippen molar-refractivity contribution < 1.29 is 4.79 Å². The van der Waals surface area contributed by atoms with Crippen molar-refractivity contribution >= 4 is 19.8 Å². The number of carbonyl (C=O) groups excluding carboxylic acids is 1. The van der Waals surface area contributed by atoms with Crippen LogP contribution in [0.4, 0.5) is 4.79 Å². The number of rotatable bonds is 4. The zero-order valence-corrected chi connectivity index (χ0v) is 10.1. The second kappa shape index (κ2) is 5.46. The summed E-state index contributed by atoms with van der Waals surface area (Å²) in [5.74, 6) is 0. The molecule has 0 N–H and O–H groups in total. The molecule has 0 saturated carbocycles. The first-order valence-corrected chi connectivity index (χ1v) is 6.65. The molecule has 0 bridgehead atoms. The minimum atomic E-state index is 0.115. The minimum absolute atomic E-state index is 0.115. The molecule has 3 heteroatoms. The zero-order chi connectivity index (χ0) is 9.68. The van der Waals surface area contributed by atoms with Crippen molar-refractivity contribution in [1.29, 1.82) is 0 Å². The van der Waals surface area contributed by atoms with E-state index < -0.39 is 0 Å². The molecule has 1 heterocycles. The molecule has 0 aromatic heterocycles. The first kappa shape index (κ1) is 10.8. The third kappa shape index (κ3) is 3.17. The Kier molecular flexibility index (Phi) is 4.54. The summed E-state index contributed by atoms with van der Waals surface area (Å²) < 4.78 is 1.37. The number of carbonyl (C=O) groups is 1. The first-order chi connectivity index (χ1) is 6.27. The van der Waals surface area contributed by atoms with E-state index in [-0.39, 0.29) is 15.0 Å². The maximum absolute atomic E-state index is 11.5. The van der Waals surface area contributed by atoms with Crippen molar-refractivity contribution in [3.63, 3.8) is 0 Å². The fourth-order valence-corrected chi connectivity index (χ4v) is 3.37. The van der Waals surface area contributed by atoms with Crippen LogP contribution in [0.2, 0.25) is 0 Å². The molecule has 1 saturated heterocycles. The molecule has 1 aliphatic heterocycles. The van der Waals surface area contributed by atoms with E-state index in [0.717, 1.165) is 25.9 Å². The van der Waals surface area contributed by atoms with Gasteiger partial charge < -0.3 is 0 Å². The standard InChI is InChI=1S/C10H17NOSe/c1-3-5-7-11-8-9(6-4-2)13-10(11)12/h6H,3-5,7-8H2,1-2H3/b9-6-. The molecule has 1 amide bonds. The molecular weight excluding hydrogens is 229 g/mol. The van der Waals surface area contributed by atoms with E-state index in [1.165, 1.54) is 10.9 Å². The SMILES string of the molecule is CC/C=C1/CN(CCCC)C(=O)[Se]1. The summed E-state index contributed by atoms with van der Waals surface area (Å²) in [4.78, 5) is 13.9. The second-order valence-corrected chi connectivity index (χ2v) is 5.48. The monoisotopic (exact) mass is 247 g/mol. The number of amides is 1. The van der Waals surface area contributed by atoms with Gasteiger partial charge >= 0.3 is 86.2 Å². The van der Waals surface area contributed by atoms with Gasteiger partial charge in [-0.2, -0.15) is 0 Å². The van der Waals surface area contributed by atoms with Crippen LogP contribution in [-0.4, -0.2) is 37.8 Å². The summed E-state index contributed by atoms with van der Waals surface area (Å²) in [6, 6.07) is 0. The van der Waals surface area contributed by atoms with E-state index in [9.17, 15) is 4.79 Å². The Morgan fingerprint density at radius 1 is 1.54 bits per heavy atom. The van der Waals surface area contributed by atoms with E-state index in [2.05, 4.69) is 19.9 Å². The van der Waals surface area contributed by atoms with Crippen LogP contribution < -0.4 is 0 Å². The molecule has 0 unspecified atom stereocenters. The molecule has 1 fully saturated rings. The molecular formula is C10H17NOSe. The number of unbranched alkanes of at least 4 members (excludes halogenated alkanes) is 1. The van der Waals surface area contributed by atoms with Gasteiger partial charge in [0.15, 0.2) is 0 Å². The maximum atomic E-state index is 11.5. The zero-order valence-electron chi connectivity index (χ0n) is 8.38. The molecule has 0 atom stereocenters. The van der Waals surface area contributed by atoms with Crippen LogP contribution in [0.15, 0.2) is 10.5 Å². The number of hydrogen-bond donors (Lipinski definition) is 0. The quantitative estimate of drug-likeness (QED) is 0.696. The van der Waals surface area contributed by atoms with Gasteiger partial charge in [0.1, 0.15) is 0 Å². The van der Waals surface area contributed by atoms with Crippen LogP contribution >= 0.6 is 0 Å². The summed E-state index contributed by atoms with van der Waals surface area (Å²) >= 11 is 0.115. The molecule has 1 rings (SSSR count). The Hall–Kier alpha value is -0.271. The molecule has 13 heavy (non-hydrogen) atoms. The van der Waals surface area contributed by atoms with Gasteiger partial charge in [0.05, 0.1) is 0 Å². The van der Waals surface area contributed by atoms with Gasteiger partial charge in [-0.1, -0.05) is 0 Å². The number of allylic oxidation sites excluding steroid dienone is 1. The molecule has 0 aliphatic carbocycles. The van der Waals surface area contributed by atoms with E-state index in [1.807, 2.05) is 4.90 Å². The Morgan fingerprint density at radius 2 is 2.31 bits per heavy atom. The van der Waals surface area contributed by atoms with Gasteiger partial charge in [-0.25, -0.2) is 0 Å². The van der Waals surface area contributed by atoms with Gasteiger partial charge in [0.25, 0.3) is 0 Å². The van der Waals surface area contributed by atoms with Crippen LogP contribution in [0.25, 0.3) is 0 Å². The van der Waals surface area contributed by atoms with Gasteiger partial charge in [-0.3, -0.25) is 0 Å². The second-order valence-electron chi connectivity index (χ2n) is 3.22. The van der Waals surface area contributed by atoms with Crippen molar-refractivity contribution in [2.75, 3.05) is 13.1 Å². The molecule has 2 nitrogen and oxygen atoms in total. The Balaban J connectivity index is 2.42. The summed E-state index contributed by atoms with van der Waals surface area (Å²) in [6.07, 6.45) is 5.58. The predicted octanol–water partition coefficient (Wildman–Crippen LogP) is 2.22. The van der Waals surface area contributed by atoms with Gasteiger partial charge in [-0.05, 0) is 0 Å². The Labute approximate surface area is 86.5 Å². The molecule has 0 aromatic rings. The van der Waals surface area contributed by atoms with E-state index in [1.54, 1.807) is 0 Å². The van der Waals surface area contributed by atoms with Crippen molar-refractivity contribution in [2.45, 2.75) is 33.1 Å². The Morgan fingerprint density at radius 3 is 2.92 bits per heavy atom. The summed E-state index contributed by atoms with van der Waals surface area (Å²) in [6.45, 7) is 6.15. The fourth-order valence-electron chi connectivity index (χ4n) is 1.31. The van der Waals surface area contributed by atoms with Crippen molar-refractivity contribution in [2.24, 2.45) is 0 Å². The fraction of sp³-hybridized carbons (Fsp3) is 0.700. The summed E-state index contributed by atoms with van der Waals surface area (Å²) in [7, 11) is 0. The molecule has 74 valence electrons. The van der Waals surface area contributed by atoms with E-state index in [0.29, 0.717) is 4.81 Å². The third-order valence-electron chi connectivity index (χ3n) is 2.04. The number of hydrogen-bond acceptors (Lipinski definition) is 1. The summed E-state index contributed by atoms with van der Waals surface area (Å²) in [5, 5.41) is 0. The Bertz CT molecular complexity index is 213. The molecule has 0 spiro atoms. The molecule has 0 radical (unpaired) electrons. The van der Waals surface area contributed by atoms with Crippen LogP contribution in [-0.2, 0) is 0 Å². The van der Waals surface area contributed by atoms with Crippen LogP contribution in [0.5, 0.6) is 0 Å². The van der Waals surface area contributed by atoms with E-state index >= 15 is 0 Å². The third-order valence-corrected chi connectivity index (χ3v) is 4.12. The van der Waals surface area contributed by atoms with Gasteiger partial charge in [-0.15, -0.1) is 0 Å². The topological polar surface area (TPSA) is 20.3 Å². The van der Waals surface area contributed by atoms with E-state index in [4.69, 9.17) is 0 Å². The van der Waals surface area contributed by atoms with Crippen molar-refractivity contribution in [3.05, 3.63) is 10.5 Å². The molecule has 0 aromatic carbocycles. The van der Waals surface area contributed by atoms with Crippen molar-refractivity contribution in [1.82, 2.24) is 4.90 Å². The first-order valence-electron chi connectivity index (χ1n) is 4.93. The van der Waals surface area contributed by atoms with Crippen LogP contribution in [0.3, 0.4) is 0 Å². The van der Waals surface area contributed by atoms with Gasteiger partial charge in [0.2, 0.25) is 0 Å². The predicted molar refractivity (Wildman–Crippen MR) is 56.0 cm³/mol. The van der Waals surface area contributed by atoms with Crippen LogP contribution in [0.1, 0.15) is 33.1 Å². The average Bonchev–Trinajstić information content (AvgIpc) is 2.44. The van der Waals surface area contributed by atoms with Crippen LogP contribution in [0, 0.1) is 0 Å². The normalized spacial score (nSPS) is 20.3. The van der Waals surface area contributed by atoms with Gasteiger partial charge in [0, 0.05) is 0 Å². The summed E-state index contributed by atoms with van der Waals surface area (Å²) in [5.41, 5.74) is 0. The average molecular weight is 246 g/mol. The van der Waals surface area contributed by atoms with Crippen molar-refractivity contribution in [3.8, 4) is 0 Å². The number of nitrogens with zero attached hydrogens (tertiary/aromatic N) is 1.